The number of rotatable bonds is 3. The van der Waals surface area contributed by atoms with E-state index in [1.807, 2.05) is 23.1 Å². The minimum absolute atomic E-state index is 0.225. The van der Waals surface area contributed by atoms with Crippen LogP contribution in [0.15, 0.2) is 42.5 Å². The molecule has 4 heteroatoms. The summed E-state index contributed by atoms with van der Waals surface area (Å²) in [6, 6.07) is 14.6. The predicted molar refractivity (Wildman–Crippen MR) is 94.2 cm³/mol. The zero-order valence-corrected chi connectivity index (χ0v) is 13.6. The van der Waals surface area contributed by atoms with Crippen LogP contribution in [0.3, 0.4) is 0 Å². The molecule has 23 heavy (non-hydrogen) atoms. The second-order valence-corrected chi connectivity index (χ2v) is 6.71. The van der Waals surface area contributed by atoms with Crippen LogP contribution in [0.1, 0.15) is 36.4 Å². The van der Waals surface area contributed by atoms with Crippen molar-refractivity contribution in [2.45, 2.75) is 31.7 Å². The molecule has 118 valence electrons. The molecule has 0 spiro atoms. The van der Waals surface area contributed by atoms with Gasteiger partial charge in [0.1, 0.15) is 0 Å². The Bertz CT molecular complexity index is 759. The number of anilines is 2. The Hall–Kier alpha value is -2.00. The highest BCUT2D eigenvalue weighted by atomic mass is 35.5. The number of halogens is 1. The largest absolute Gasteiger partial charge is 0.378 e. The number of carbonyl (C=O) groups excluding carboxylic acids is 1. The molecule has 2 aromatic rings. The summed E-state index contributed by atoms with van der Waals surface area (Å²) < 4.78 is 0. The Morgan fingerprint density at radius 2 is 2.04 bits per heavy atom. The monoisotopic (exact) mass is 326 g/mol. The quantitative estimate of drug-likeness (QED) is 0.896. The van der Waals surface area contributed by atoms with Gasteiger partial charge in [-0.1, -0.05) is 23.7 Å². The number of fused-ring (bicyclic) bond motifs is 1. The number of amides is 1. The summed E-state index contributed by atoms with van der Waals surface area (Å²) in [5.41, 5.74) is 4.72. The average molecular weight is 327 g/mol. The van der Waals surface area contributed by atoms with Crippen molar-refractivity contribution in [3.8, 4) is 0 Å². The van der Waals surface area contributed by atoms with Crippen molar-refractivity contribution in [2.75, 3.05) is 16.8 Å². The first-order valence-corrected chi connectivity index (χ1v) is 8.54. The van der Waals surface area contributed by atoms with Crippen LogP contribution in [0.25, 0.3) is 0 Å². The van der Waals surface area contributed by atoms with Crippen LogP contribution < -0.4 is 10.2 Å². The third kappa shape index (κ3) is 2.81. The van der Waals surface area contributed by atoms with Crippen molar-refractivity contribution in [1.82, 2.24) is 0 Å². The smallest absolute Gasteiger partial charge is 0.227 e. The summed E-state index contributed by atoms with van der Waals surface area (Å²) in [5, 5.41) is 4.42. The Morgan fingerprint density at radius 1 is 1.13 bits per heavy atom. The molecule has 4 rings (SSSR count). The Labute approximate surface area is 141 Å². The zero-order valence-electron chi connectivity index (χ0n) is 12.9. The van der Waals surface area contributed by atoms with E-state index in [4.69, 9.17) is 11.6 Å². The molecule has 2 aliphatic rings. The van der Waals surface area contributed by atoms with Gasteiger partial charge in [-0.25, -0.2) is 0 Å². The molecule has 2 aromatic carbocycles. The molecule has 1 heterocycles. The summed E-state index contributed by atoms with van der Waals surface area (Å²) in [7, 11) is 0. The van der Waals surface area contributed by atoms with E-state index in [2.05, 4.69) is 29.6 Å². The van der Waals surface area contributed by atoms with Gasteiger partial charge in [-0.15, -0.1) is 0 Å². The lowest BCUT2D eigenvalue weighted by molar-refractivity contribution is -0.117. The van der Waals surface area contributed by atoms with E-state index in [1.54, 1.807) is 0 Å². The van der Waals surface area contributed by atoms with Crippen LogP contribution in [0, 0.1) is 0 Å². The highest BCUT2D eigenvalue weighted by Crippen LogP contribution is 2.36. The van der Waals surface area contributed by atoms with Crippen LogP contribution >= 0.6 is 11.6 Å². The standard InChI is InChI=1S/C19H19ClN2O/c20-14-7-8-17-13(11-14)6-9-18(17)21-15-3-1-4-16(12-15)22-10-2-5-19(22)23/h1,3-4,7-8,11-12,18,21H,2,5-6,9-10H2. The van der Waals surface area contributed by atoms with Gasteiger partial charge in [0.05, 0.1) is 6.04 Å². The van der Waals surface area contributed by atoms with Crippen molar-refractivity contribution in [3.63, 3.8) is 0 Å². The van der Waals surface area contributed by atoms with Crippen LogP contribution in [0.5, 0.6) is 0 Å². The molecule has 0 radical (unpaired) electrons. The summed E-state index contributed by atoms with van der Waals surface area (Å²) in [5.74, 6) is 0.225. The fraction of sp³-hybridized carbons (Fsp3) is 0.316. The van der Waals surface area contributed by atoms with Crippen molar-refractivity contribution in [1.29, 1.82) is 0 Å². The van der Waals surface area contributed by atoms with E-state index in [1.165, 1.54) is 11.1 Å². The molecule has 1 saturated heterocycles. The maximum Gasteiger partial charge on any atom is 0.227 e. The molecule has 0 aromatic heterocycles. The van der Waals surface area contributed by atoms with Crippen molar-refractivity contribution in [3.05, 3.63) is 58.6 Å². The Balaban J connectivity index is 1.55. The SMILES string of the molecule is O=C1CCCN1c1cccc(NC2CCc3cc(Cl)ccc32)c1. The van der Waals surface area contributed by atoms with Crippen molar-refractivity contribution in [2.24, 2.45) is 0 Å². The van der Waals surface area contributed by atoms with Gasteiger partial charge < -0.3 is 10.2 Å². The maximum atomic E-state index is 11.9. The second kappa shape index (κ2) is 5.89. The molecule has 1 atom stereocenters. The lowest BCUT2D eigenvalue weighted by Gasteiger charge is -2.19. The van der Waals surface area contributed by atoms with Gasteiger partial charge in [-0.2, -0.15) is 0 Å². The molecule has 1 aliphatic heterocycles. The van der Waals surface area contributed by atoms with Crippen molar-refractivity contribution >= 4 is 28.9 Å². The first kappa shape index (κ1) is 14.6. The number of hydrogen-bond acceptors (Lipinski definition) is 2. The third-order valence-corrected chi connectivity index (χ3v) is 4.99. The van der Waals surface area contributed by atoms with Gasteiger partial charge in [0.25, 0.3) is 0 Å². The molecule has 1 fully saturated rings. The van der Waals surface area contributed by atoms with Crippen LogP contribution in [-0.2, 0) is 11.2 Å². The van der Waals surface area contributed by atoms with Gasteiger partial charge in [0.2, 0.25) is 5.91 Å². The maximum absolute atomic E-state index is 11.9. The number of hydrogen-bond donors (Lipinski definition) is 1. The second-order valence-electron chi connectivity index (χ2n) is 6.28. The van der Waals surface area contributed by atoms with E-state index in [0.717, 1.165) is 42.2 Å². The summed E-state index contributed by atoms with van der Waals surface area (Å²) in [4.78, 5) is 13.8. The Morgan fingerprint density at radius 3 is 2.87 bits per heavy atom. The number of nitrogens with one attached hydrogen (secondary N) is 1. The summed E-state index contributed by atoms with van der Waals surface area (Å²) >= 11 is 6.08. The number of carbonyl (C=O) groups is 1. The molecule has 1 aliphatic carbocycles. The first-order chi connectivity index (χ1) is 11.2. The third-order valence-electron chi connectivity index (χ3n) is 4.75. The first-order valence-electron chi connectivity index (χ1n) is 8.16. The summed E-state index contributed by atoms with van der Waals surface area (Å²) in [6.45, 7) is 0.826. The topological polar surface area (TPSA) is 32.3 Å². The molecule has 3 nitrogen and oxygen atoms in total. The van der Waals surface area contributed by atoms with E-state index < -0.39 is 0 Å². The fourth-order valence-corrected chi connectivity index (χ4v) is 3.82. The van der Waals surface area contributed by atoms with Crippen LogP contribution in [0.2, 0.25) is 5.02 Å². The van der Waals surface area contributed by atoms with Crippen molar-refractivity contribution < 1.29 is 4.79 Å². The lowest BCUT2D eigenvalue weighted by Crippen LogP contribution is -2.23. The van der Waals surface area contributed by atoms with E-state index >= 15 is 0 Å². The highest BCUT2D eigenvalue weighted by Gasteiger charge is 2.24. The number of nitrogens with zero attached hydrogens (tertiary/aromatic N) is 1. The van der Waals surface area contributed by atoms with Gasteiger partial charge in [0, 0.05) is 29.4 Å². The van der Waals surface area contributed by atoms with Gasteiger partial charge >= 0.3 is 0 Å². The van der Waals surface area contributed by atoms with E-state index in [-0.39, 0.29) is 5.91 Å². The van der Waals surface area contributed by atoms with E-state index in [0.29, 0.717) is 12.5 Å². The molecule has 1 unspecified atom stereocenters. The number of aryl methyl sites for hydroxylation is 1. The van der Waals surface area contributed by atoms with Gasteiger partial charge in [0.15, 0.2) is 0 Å². The van der Waals surface area contributed by atoms with Crippen LogP contribution in [0.4, 0.5) is 11.4 Å². The molecular weight excluding hydrogens is 308 g/mol. The fourth-order valence-electron chi connectivity index (χ4n) is 3.62. The lowest BCUT2D eigenvalue weighted by atomic mass is 10.1. The van der Waals surface area contributed by atoms with Gasteiger partial charge in [-0.05, 0) is 60.7 Å². The highest BCUT2D eigenvalue weighted by molar-refractivity contribution is 6.30. The molecule has 0 saturated carbocycles. The minimum Gasteiger partial charge on any atom is -0.378 e. The summed E-state index contributed by atoms with van der Waals surface area (Å²) in [6.07, 6.45) is 3.74. The molecule has 0 bridgehead atoms. The van der Waals surface area contributed by atoms with Gasteiger partial charge in [-0.3, -0.25) is 4.79 Å². The predicted octanol–water partition coefficient (Wildman–Crippen LogP) is 4.57. The Kier molecular flexibility index (Phi) is 3.74. The molecular formula is C19H19ClN2O. The zero-order chi connectivity index (χ0) is 15.8. The van der Waals surface area contributed by atoms with Crippen LogP contribution in [-0.4, -0.2) is 12.5 Å². The van der Waals surface area contributed by atoms with E-state index in [9.17, 15) is 4.79 Å². The molecule has 1 amide bonds. The average Bonchev–Trinajstić information content (AvgIpc) is 3.14. The minimum atomic E-state index is 0.225. The number of benzene rings is 2. The molecule has 1 N–H and O–H groups in total. The normalized spacial score (nSPS) is 20.0.